The van der Waals surface area contributed by atoms with Crippen LogP contribution in [0, 0.1) is 0 Å². The predicted molar refractivity (Wildman–Crippen MR) is 94.9 cm³/mol. The first-order valence-corrected chi connectivity index (χ1v) is 8.32. The van der Waals surface area contributed by atoms with Crippen LogP contribution in [0.15, 0.2) is 60.7 Å². The lowest BCUT2D eigenvalue weighted by molar-refractivity contribution is -0.133. The topological polar surface area (TPSA) is 60.9 Å². The third-order valence-corrected chi connectivity index (χ3v) is 4.59. The van der Waals surface area contributed by atoms with Crippen molar-refractivity contribution in [3.05, 3.63) is 71.8 Å². The van der Waals surface area contributed by atoms with Gasteiger partial charge >= 0.3 is 0 Å². The number of aliphatic hydroxyl groups is 1. The van der Waals surface area contributed by atoms with E-state index >= 15 is 0 Å². The van der Waals surface area contributed by atoms with Crippen LogP contribution in [0.3, 0.4) is 0 Å². The molecule has 5 heteroatoms. The van der Waals surface area contributed by atoms with Gasteiger partial charge in [0, 0.05) is 26.1 Å². The monoisotopic (exact) mass is 338 g/mol. The van der Waals surface area contributed by atoms with E-state index in [2.05, 4.69) is 0 Å². The lowest BCUT2D eigenvalue weighted by Crippen LogP contribution is -2.46. The Labute approximate surface area is 147 Å². The van der Waals surface area contributed by atoms with Gasteiger partial charge in [-0.2, -0.15) is 0 Å². The number of hydrogen-bond donors (Lipinski definition) is 1. The third kappa shape index (κ3) is 3.28. The summed E-state index contributed by atoms with van der Waals surface area (Å²) in [6, 6.07) is 17.0. The average molecular weight is 338 g/mol. The van der Waals surface area contributed by atoms with Crippen LogP contribution in [0.1, 0.15) is 28.4 Å². The second kappa shape index (κ2) is 7.07. The number of carbonyl (C=O) groups is 2. The SMILES string of the molecule is CN(C)C(=O)[C@@H]1C[C@H](O)[C@H](c2ccccc2)N1C(=O)c1ccccc1. The second-order valence-corrected chi connectivity index (χ2v) is 6.49. The molecule has 0 saturated carbocycles. The molecule has 3 rings (SSSR count). The van der Waals surface area contributed by atoms with Gasteiger partial charge in [-0.15, -0.1) is 0 Å². The van der Waals surface area contributed by atoms with E-state index in [1.165, 1.54) is 9.80 Å². The lowest BCUT2D eigenvalue weighted by Gasteiger charge is -2.31. The summed E-state index contributed by atoms with van der Waals surface area (Å²) in [6.07, 6.45) is -0.557. The van der Waals surface area contributed by atoms with Crippen molar-refractivity contribution in [3.8, 4) is 0 Å². The Morgan fingerprint density at radius 3 is 2.12 bits per heavy atom. The van der Waals surface area contributed by atoms with Crippen molar-refractivity contribution < 1.29 is 14.7 Å². The fourth-order valence-corrected chi connectivity index (χ4v) is 3.40. The van der Waals surface area contributed by atoms with Gasteiger partial charge in [-0.3, -0.25) is 9.59 Å². The number of carbonyl (C=O) groups excluding carboxylic acids is 2. The zero-order chi connectivity index (χ0) is 18.0. The highest BCUT2D eigenvalue weighted by molar-refractivity contribution is 5.98. The first-order valence-electron chi connectivity index (χ1n) is 8.32. The fourth-order valence-electron chi connectivity index (χ4n) is 3.40. The van der Waals surface area contributed by atoms with E-state index in [9.17, 15) is 14.7 Å². The van der Waals surface area contributed by atoms with Gasteiger partial charge in [0.05, 0.1) is 12.1 Å². The van der Waals surface area contributed by atoms with Crippen LogP contribution < -0.4 is 0 Å². The molecule has 1 heterocycles. The summed E-state index contributed by atoms with van der Waals surface area (Å²) in [5.41, 5.74) is 1.34. The Hall–Kier alpha value is -2.66. The molecule has 1 aliphatic rings. The summed E-state index contributed by atoms with van der Waals surface area (Å²) in [6.45, 7) is 0. The van der Waals surface area contributed by atoms with Gasteiger partial charge in [0.2, 0.25) is 5.91 Å². The first-order chi connectivity index (χ1) is 12.0. The number of rotatable bonds is 3. The number of benzene rings is 2. The van der Waals surface area contributed by atoms with Crippen LogP contribution >= 0.6 is 0 Å². The molecule has 2 aromatic carbocycles. The molecule has 1 N–H and O–H groups in total. The molecular weight excluding hydrogens is 316 g/mol. The molecule has 1 saturated heterocycles. The summed E-state index contributed by atoms with van der Waals surface area (Å²) in [7, 11) is 3.32. The van der Waals surface area contributed by atoms with Crippen LogP contribution in [-0.2, 0) is 4.79 Å². The second-order valence-electron chi connectivity index (χ2n) is 6.49. The van der Waals surface area contributed by atoms with Gasteiger partial charge in [-0.1, -0.05) is 48.5 Å². The smallest absolute Gasteiger partial charge is 0.255 e. The molecular formula is C20H22N2O3. The van der Waals surface area contributed by atoms with Crippen LogP contribution in [0.5, 0.6) is 0 Å². The molecule has 130 valence electrons. The van der Waals surface area contributed by atoms with E-state index in [0.717, 1.165) is 5.56 Å². The van der Waals surface area contributed by atoms with E-state index in [0.29, 0.717) is 5.56 Å². The zero-order valence-corrected chi connectivity index (χ0v) is 14.4. The summed E-state index contributed by atoms with van der Waals surface area (Å²) < 4.78 is 0. The van der Waals surface area contributed by atoms with Crippen molar-refractivity contribution >= 4 is 11.8 Å². The van der Waals surface area contributed by atoms with E-state index in [4.69, 9.17) is 0 Å². The molecule has 2 aromatic rings. The normalized spacial score (nSPS) is 22.7. The van der Waals surface area contributed by atoms with Crippen LogP contribution in [-0.4, -0.2) is 53.0 Å². The quantitative estimate of drug-likeness (QED) is 0.932. The Kier molecular flexibility index (Phi) is 4.86. The van der Waals surface area contributed by atoms with Crippen LogP contribution in [0.25, 0.3) is 0 Å². The fraction of sp³-hybridized carbons (Fsp3) is 0.300. The minimum atomic E-state index is -0.788. The Morgan fingerprint density at radius 2 is 1.56 bits per heavy atom. The van der Waals surface area contributed by atoms with Gasteiger partial charge in [-0.25, -0.2) is 0 Å². The maximum Gasteiger partial charge on any atom is 0.255 e. The van der Waals surface area contributed by atoms with Crippen molar-refractivity contribution in [2.75, 3.05) is 14.1 Å². The van der Waals surface area contributed by atoms with E-state index in [1.54, 1.807) is 38.4 Å². The number of nitrogens with zero attached hydrogens (tertiary/aromatic N) is 2. The summed E-state index contributed by atoms with van der Waals surface area (Å²) in [4.78, 5) is 28.8. The first kappa shape index (κ1) is 17.2. The average Bonchev–Trinajstić information content (AvgIpc) is 2.98. The lowest BCUT2D eigenvalue weighted by atomic mass is 10.0. The van der Waals surface area contributed by atoms with Gasteiger partial charge < -0.3 is 14.9 Å². The maximum absolute atomic E-state index is 13.2. The highest BCUT2D eigenvalue weighted by Crippen LogP contribution is 2.38. The predicted octanol–water partition coefficient (Wildman–Crippen LogP) is 2.09. The summed E-state index contributed by atoms with van der Waals surface area (Å²) >= 11 is 0. The minimum absolute atomic E-state index is 0.179. The number of likely N-dealkylation sites (tertiary alicyclic amines) is 1. The Bertz CT molecular complexity index is 746. The molecule has 0 spiro atoms. The van der Waals surface area contributed by atoms with E-state index < -0.39 is 18.2 Å². The Balaban J connectivity index is 2.04. The summed E-state index contributed by atoms with van der Waals surface area (Å²) in [5.74, 6) is -0.423. The van der Waals surface area contributed by atoms with Crippen molar-refractivity contribution in [2.24, 2.45) is 0 Å². The molecule has 0 aromatic heterocycles. The molecule has 0 aliphatic carbocycles. The van der Waals surface area contributed by atoms with Crippen molar-refractivity contribution in [3.63, 3.8) is 0 Å². The third-order valence-electron chi connectivity index (χ3n) is 4.59. The van der Waals surface area contributed by atoms with Crippen molar-refractivity contribution in [1.29, 1.82) is 0 Å². The molecule has 1 aliphatic heterocycles. The molecule has 2 amide bonds. The maximum atomic E-state index is 13.2. The molecule has 3 atom stereocenters. The highest BCUT2D eigenvalue weighted by atomic mass is 16.3. The van der Waals surface area contributed by atoms with Gasteiger partial charge in [-0.05, 0) is 17.7 Å². The molecule has 5 nitrogen and oxygen atoms in total. The largest absolute Gasteiger partial charge is 0.391 e. The van der Waals surface area contributed by atoms with Crippen LogP contribution in [0.4, 0.5) is 0 Å². The molecule has 0 unspecified atom stereocenters. The van der Waals surface area contributed by atoms with E-state index in [-0.39, 0.29) is 18.2 Å². The van der Waals surface area contributed by atoms with Gasteiger partial charge in [0.25, 0.3) is 5.91 Å². The number of aliphatic hydroxyl groups excluding tert-OH is 1. The molecule has 1 fully saturated rings. The molecule has 25 heavy (non-hydrogen) atoms. The van der Waals surface area contributed by atoms with Crippen molar-refractivity contribution in [1.82, 2.24) is 9.80 Å². The van der Waals surface area contributed by atoms with Gasteiger partial charge in [0.1, 0.15) is 6.04 Å². The Morgan fingerprint density at radius 1 is 1.00 bits per heavy atom. The van der Waals surface area contributed by atoms with Gasteiger partial charge in [0.15, 0.2) is 0 Å². The number of likely N-dealkylation sites (N-methyl/N-ethyl adjacent to an activating group) is 1. The van der Waals surface area contributed by atoms with Crippen molar-refractivity contribution in [2.45, 2.75) is 24.6 Å². The van der Waals surface area contributed by atoms with E-state index in [1.807, 2.05) is 36.4 Å². The summed E-state index contributed by atoms with van der Waals surface area (Å²) in [5, 5.41) is 10.6. The highest BCUT2D eigenvalue weighted by Gasteiger charge is 2.47. The number of amides is 2. The molecule has 0 radical (unpaired) electrons. The number of hydrogen-bond acceptors (Lipinski definition) is 3. The van der Waals surface area contributed by atoms with Crippen LogP contribution in [0.2, 0.25) is 0 Å². The zero-order valence-electron chi connectivity index (χ0n) is 14.4. The molecule has 0 bridgehead atoms. The minimum Gasteiger partial charge on any atom is -0.391 e. The standard InChI is InChI=1S/C20H22N2O3/c1-21(2)20(25)16-13-17(23)18(14-9-5-3-6-10-14)22(16)19(24)15-11-7-4-8-12-15/h3-12,16-18,23H,13H2,1-2H3/t16-,17-,18-/m0/s1.